The Balaban J connectivity index is 1.43. The number of aliphatic hydroxyl groups excluding tert-OH is 1. The monoisotopic (exact) mass is 492 g/mol. The van der Waals surface area contributed by atoms with Gasteiger partial charge in [-0.2, -0.15) is 13.2 Å². The van der Waals surface area contributed by atoms with Crippen molar-refractivity contribution in [1.29, 1.82) is 0 Å². The van der Waals surface area contributed by atoms with Gasteiger partial charge in [0, 0.05) is 25.1 Å². The summed E-state index contributed by atoms with van der Waals surface area (Å²) in [5.74, 6) is 0.819. The van der Waals surface area contributed by atoms with Crippen LogP contribution in [0.15, 0.2) is 36.9 Å². The van der Waals surface area contributed by atoms with Gasteiger partial charge >= 0.3 is 6.18 Å². The Kier molecular flexibility index (Phi) is 5.65. The first-order valence-corrected chi connectivity index (χ1v) is 11.5. The van der Waals surface area contributed by atoms with E-state index >= 15 is 0 Å². The molecule has 4 aromatic rings. The Morgan fingerprint density at radius 2 is 2.03 bits per heavy atom. The molecule has 178 valence electrons. The molecular weight excluding hydrogens is 473 g/mol. The summed E-state index contributed by atoms with van der Waals surface area (Å²) in [7, 11) is 0. The zero-order valence-corrected chi connectivity index (χ0v) is 18.6. The van der Waals surface area contributed by atoms with Crippen LogP contribution in [0.1, 0.15) is 31.6 Å². The average molecular weight is 492 g/mol. The fourth-order valence-corrected chi connectivity index (χ4v) is 4.65. The minimum atomic E-state index is -4.52. The minimum absolute atomic E-state index is 0.108. The fraction of sp³-hybridized carbons (Fsp3) is 0.350. The van der Waals surface area contributed by atoms with Crippen molar-refractivity contribution in [3.05, 3.63) is 42.7 Å². The van der Waals surface area contributed by atoms with Gasteiger partial charge in [-0.1, -0.05) is 4.09 Å². The number of nitrogens with zero attached hydrogens (tertiary/aromatic N) is 7. The van der Waals surface area contributed by atoms with E-state index < -0.39 is 30.2 Å². The molecule has 0 spiro atoms. The third-order valence-corrected chi connectivity index (χ3v) is 6.99. The maximum absolute atomic E-state index is 13.4. The highest BCUT2D eigenvalue weighted by atomic mass is 32.2. The number of halogens is 3. The third kappa shape index (κ3) is 4.31. The van der Waals surface area contributed by atoms with Crippen LogP contribution < -0.4 is 5.32 Å². The van der Waals surface area contributed by atoms with E-state index in [-0.39, 0.29) is 27.9 Å². The van der Waals surface area contributed by atoms with Crippen molar-refractivity contribution in [2.45, 2.75) is 43.8 Å². The Morgan fingerprint density at radius 3 is 2.74 bits per heavy atom. The van der Waals surface area contributed by atoms with E-state index in [0.29, 0.717) is 17.2 Å². The number of hydrogen-bond donors (Lipinski definition) is 2. The number of rotatable bonds is 7. The molecule has 34 heavy (non-hydrogen) atoms. The molecule has 4 heterocycles. The lowest BCUT2D eigenvalue weighted by Gasteiger charge is -2.20. The van der Waals surface area contributed by atoms with Crippen LogP contribution in [-0.4, -0.2) is 54.8 Å². The molecule has 1 aliphatic rings. The lowest BCUT2D eigenvalue weighted by molar-refractivity contribution is -0.162. The first-order valence-electron chi connectivity index (χ1n) is 10.3. The van der Waals surface area contributed by atoms with Gasteiger partial charge in [0.15, 0.2) is 5.82 Å². The number of pyridine rings is 1. The molecule has 0 saturated heterocycles. The molecule has 0 aliphatic heterocycles. The third-order valence-electron chi connectivity index (χ3n) is 5.38. The van der Waals surface area contributed by atoms with Crippen LogP contribution in [-0.2, 0) is 18.0 Å². The van der Waals surface area contributed by atoms with Crippen LogP contribution in [0.2, 0.25) is 0 Å². The first-order chi connectivity index (χ1) is 16.2. The molecule has 2 atom stereocenters. The molecule has 10 nitrogen and oxygen atoms in total. The number of fused-ring (bicyclic) bond motifs is 1. The lowest BCUT2D eigenvalue weighted by atomic mass is 10.3. The second kappa shape index (κ2) is 8.52. The maximum Gasteiger partial charge on any atom is 0.408 e. The van der Waals surface area contributed by atoms with E-state index in [9.17, 15) is 22.8 Å². The number of anilines is 2. The van der Waals surface area contributed by atoms with Crippen molar-refractivity contribution in [2.24, 2.45) is 0 Å². The highest BCUT2D eigenvalue weighted by Gasteiger charge is 2.39. The molecule has 4 aromatic heterocycles. The van der Waals surface area contributed by atoms with E-state index in [2.05, 4.69) is 30.4 Å². The second-order valence-electron chi connectivity index (χ2n) is 7.83. The molecule has 1 aliphatic carbocycles. The minimum Gasteiger partial charge on any atom is -0.591 e. The van der Waals surface area contributed by atoms with Gasteiger partial charge in [0.05, 0.1) is 41.0 Å². The van der Waals surface area contributed by atoms with E-state index in [1.54, 1.807) is 12.3 Å². The number of aromatic nitrogens is 7. The molecule has 0 amide bonds. The normalized spacial score (nSPS) is 16.1. The number of hydrogen-bond acceptors (Lipinski definition) is 8. The Hall–Kier alpha value is -3.23. The molecular formula is C20H19F3N8O2S. The van der Waals surface area contributed by atoms with Gasteiger partial charge in [0.25, 0.3) is 0 Å². The fourth-order valence-electron chi connectivity index (χ4n) is 3.45. The summed E-state index contributed by atoms with van der Waals surface area (Å²) in [6, 6.07) is 1.11. The Labute approximate surface area is 194 Å². The molecule has 2 N–H and O–H groups in total. The molecule has 0 radical (unpaired) electrons. The average Bonchev–Trinajstić information content (AvgIpc) is 3.42. The Bertz CT molecular complexity index is 1340. The van der Waals surface area contributed by atoms with Gasteiger partial charge in [0.1, 0.15) is 40.9 Å². The van der Waals surface area contributed by atoms with Crippen molar-refractivity contribution < 1.29 is 22.8 Å². The molecule has 1 saturated carbocycles. The van der Waals surface area contributed by atoms with Crippen LogP contribution in [0.4, 0.5) is 24.8 Å². The van der Waals surface area contributed by atoms with Crippen LogP contribution in [0.25, 0.3) is 22.4 Å². The quantitative estimate of drug-likeness (QED) is 0.377. The van der Waals surface area contributed by atoms with Gasteiger partial charge in [-0.3, -0.25) is 0 Å². The van der Waals surface area contributed by atoms with Gasteiger partial charge < -0.3 is 19.5 Å². The largest absolute Gasteiger partial charge is 0.591 e. The van der Waals surface area contributed by atoms with Crippen LogP contribution in [0, 0.1) is 0 Å². The smallest absolute Gasteiger partial charge is 0.408 e. The summed E-state index contributed by atoms with van der Waals surface area (Å²) < 4.78 is 54.8. The molecule has 2 unspecified atom stereocenters. The summed E-state index contributed by atoms with van der Waals surface area (Å²) in [4.78, 5) is 16.9. The maximum atomic E-state index is 13.4. The molecule has 14 heteroatoms. The number of alkyl halides is 3. The lowest BCUT2D eigenvalue weighted by Crippen LogP contribution is -2.25. The number of aliphatic hydroxyl groups is 1. The zero-order chi connectivity index (χ0) is 24.0. The van der Waals surface area contributed by atoms with Crippen LogP contribution in [0.5, 0.6) is 0 Å². The number of imidazole rings is 1. The SMILES string of the molecule is CC(n1c(CO)nc2cnc(Nc3ccnc(-c4cnn([S+]([O-])C5CC5)c4)n3)cc21)C(F)(F)F. The second-order valence-corrected chi connectivity index (χ2v) is 9.42. The summed E-state index contributed by atoms with van der Waals surface area (Å²) in [6.07, 6.45) is 3.28. The van der Waals surface area contributed by atoms with Crippen LogP contribution >= 0.6 is 0 Å². The van der Waals surface area contributed by atoms with Crippen molar-refractivity contribution in [3.63, 3.8) is 0 Å². The highest BCUT2D eigenvalue weighted by molar-refractivity contribution is 7.90. The van der Waals surface area contributed by atoms with E-state index in [1.807, 2.05) is 0 Å². The standard InChI is InChI=1S/C20H19F3N8O2S/c1-11(20(21,22)23)31-15-6-17(25-8-14(15)27-18(31)10-32)28-16-4-5-24-19(29-16)12-7-26-30(9-12)34(33)13-2-3-13/h4-9,11,13,32H,2-3,10H2,1H3,(H,24,25,28,29). The van der Waals surface area contributed by atoms with Gasteiger partial charge in [-0.25, -0.2) is 19.9 Å². The predicted molar refractivity (Wildman–Crippen MR) is 117 cm³/mol. The van der Waals surface area contributed by atoms with Crippen molar-refractivity contribution >= 4 is 34.0 Å². The van der Waals surface area contributed by atoms with Crippen molar-refractivity contribution in [3.8, 4) is 11.4 Å². The summed E-state index contributed by atoms with van der Waals surface area (Å²) >= 11 is -1.22. The van der Waals surface area contributed by atoms with Crippen molar-refractivity contribution in [1.82, 2.24) is 33.7 Å². The first kappa shape index (κ1) is 22.6. The van der Waals surface area contributed by atoms with Crippen molar-refractivity contribution in [2.75, 3.05) is 5.32 Å². The molecule has 0 aromatic carbocycles. The van der Waals surface area contributed by atoms with E-state index in [0.717, 1.165) is 24.3 Å². The van der Waals surface area contributed by atoms with Gasteiger partial charge in [0.2, 0.25) is 0 Å². The highest BCUT2D eigenvalue weighted by Crippen LogP contribution is 2.34. The topological polar surface area (TPSA) is 130 Å². The Morgan fingerprint density at radius 1 is 1.24 bits per heavy atom. The van der Waals surface area contributed by atoms with E-state index in [1.165, 1.54) is 28.7 Å². The van der Waals surface area contributed by atoms with Gasteiger partial charge in [-0.15, -0.1) is 5.10 Å². The summed E-state index contributed by atoms with van der Waals surface area (Å²) in [5, 5.41) is 16.7. The molecule has 0 bridgehead atoms. The predicted octanol–water partition coefficient (Wildman–Crippen LogP) is 3.12. The summed E-state index contributed by atoms with van der Waals surface area (Å²) in [5.41, 5.74) is 0.973. The summed E-state index contributed by atoms with van der Waals surface area (Å²) in [6.45, 7) is 0.354. The molecule has 1 fully saturated rings. The zero-order valence-electron chi connectivity index (χ0n) is 17.8. The van der Waals surface area contributed by atoms with Gasteiger partial charge in [-0.05, 0) is 13.0 Å². The van der Waals surface area contributed by atoms with E-state index in [4.69, 9.17) is 0 Å². The van der Waals surface area contributed by atoms with Crippen LogP contribution in [0.3, 0.4) is 0 Å². The number of nitrogens with one attached hydrogen (secondary N) is 1. The molecule has 5 rings (SSSR count).